The molecule has 1 aliphatic heterocycles. The van der Waals surface area contributed by atoms with Gasteiger partial charge in [0.25, 0.3) is 11.0 Å². The van der Waals surface area contributed by atoms with Crippen molar-refractivity contribution in [3.8, 4) is 6.01 Å². The average molecular weight is 447 g/mol. The molecule has 3 N–H and O–H groups in total. The SMILES string of the molecule is Cc1nc(OCC(=O)N(C)C2CCN(Cc3ccccc3)CC2)nc(C)c1N.O=[N+]([O-])O. The number of nitrogen functional groups attached to an aromatic ring is 1. The first-order chi connectivity index (χ1) is 15.2. The van der Waals surface area contributed by atoms with Crippen LogP contribution in [-0.2, 0) is 11.3 Å². The zero-order valence-electron chi connectivity index (χ0n) is 18.6. The van der Waals surface area contributed by atoms with Crippen LogP contribution in [0.5, 0.6) is 6.01 Å². The van der Waals surface area contributed by atoms with Crippen LogP contribution in [0.25, 0.3) is 0 Å². The van der Waals surface area contributed by atoms with E-state index in [-0.39, 0.29) is 24.6 Å². The number of likely N-dealkylation sites (tertiary alicyclic amines) is 1. The van der Waals surface area contributed by atoms with Crippen LogP contribution in [0.3, 0.4) is 0 Å². The molecule has 1 fully saturated rings. The third-order valence-corrected chi connectivity index (χ3v) is 5.38. The fourth-order valence-electron chi connectivity index (χ4n) is 3.50. The highest BCUT2D eigenvalue weighted by Gasteiger charge is 2.25. The smallest absolute Gasteiger partial charge is 0.317 e. The van der Waals surface area contributed by atoms with Crippen molar-refractivity contribution in [1.82, 2.24) is 19.8 Å². The molecule has 1 saturated heterocycles. The van der Waals surface area contributed by atoms with Crippen LogP contribution in [0.2, 0.25) is 0 Å². The highest BCUT2D eigenvalue weighted by molar-refractivity contribution is 5.77. The average Bonchev–Trinajstić information content (AvgIpc) is 2.76. The van der Waals surface area contributed by atoms with Gasteiger partial charge in [0.15, 0.2) is 6.61 Å². The topological polar surface area (TPSA) is 148 Å². The van der Waals surface area contributed by atoms with Crippen LogP contribution in [0.4, 0.5) is 5.69 Å². The molecule has 1 aromatic carbocycles. The van der Waals surface area contributed by atoms with E-state index in [4.69, 9.17) is 25.8 Å². The summed E-state index contributed by atoms with van der Waals surface area (Å²) in [5, 5.41) is 13.6. The maximum absolute atomic E-state index is 12.5. The van der Waals surface area contributed by atoms with Gasteiger partial charge in [-0.15, -0.1) is 10.1 Å². The number of amides is 1. The molecule has 32 heavy (non-hydrogen) atoms. The predicted octanol–water partition coefficient (Wildman–Crippen LogP) is 1.83. The lowest BCUT2D eigenvalue weighted by molar-refractivity contribution is -0.742. The van der Waals surface area contributed by atoms with E-state index in [2.05, 4.69) is 39.1 Å². The molecule has 11 nitrogen and oxygen atoms in total. The van der Waals surface area contributed by atoms with Crippen LogP contribution < -0.4 is 10.5 Å². The molecule has 3 rings (SSSR count). The molecule has 1 aliphatic rings. The number of hydrogen-bond acceptors (Lipinski definition) is 8. The third-order valence-electron chi connectivity index (χ3n) is 5.38. The number of anilines is 1. The van der Waals surface area contributed by atoms with Gasteiger partial charge in [-0.3, -0.25) is 9.69 Å². The van der Waals surface area contributed by atoms with Crippen molar-refractivity contribution < 1.29 is 19.8 Å². The number of ether oxygens (including phenoxy) is 1. The standard InChI is InChI=1S/C21H29N5O2.HNO3/c1-15-20(22)16(2)24-21(23-15)28-14-19(27)25(3)18-9-11-26(12-10-18)13-17-7-5-4-6-8-17;2-1(3)4/h4-8,18H,9-14,22H2,1-3H3;(H,2,3,4). The van der Waals surface area contributed by atoms with Crippen molar-refractivity contribution in [1.29, 1.82) is 0 Å². The maximum atomic E-state index is 12.5. The van der Waals surface area contributed by atoms with Crippen molar-refractivity contribution in [3.05, 3.63) is 57.4 Å². The molecule has 0 saturated carbocycles. The summed E-state index contributed by atoms with van der Waals surface area (Å²) in [5.74, 6) is -0.0581. The van der Waals surface area contributed by atoms with Gasteiger partial charge in [0, 0.05) is 32.7 Å². The summed E-state index contributed by atoms with van der Waals surface area (Å²) in [4.78, 5) is 33.5. The summed E-state index contributed by atoms with van der Waals surface area (Å²) in [6, 6.07) is 10.9. The molecule has 0 unspecified atom stereocenters. The van der Waals surface area contributed by atoms with Crippen LogP contribution >= 0.6 is 0 Å². The van der Waals surface area contributed by atoms with E-state index in [9.17, 15) is 4.79 Å². The Hall–Kier alpha value is -3.47. The van der Waals surface area contributed by atoms with Gasteiger partial charge in [0.1, 0.15) is 0 Å². The van der Waals surface area contributed by atoms with E-state index in [1.54, 1.807) is 18.7 Å². The Bertz CT molecular complexity index is 876. The second-order valence-corrected chi connectivity index (χ2v) is 7.61. The van der Waals surface area contributed by atoms with Gasteiger partial charge >= 0.3 is 6.01 Å². The molecule has 1 aromatic heterocycles. The number of carbonyl (C=O) groups is 1. The number of aromatic nitrogens is 2. The first kappa shape index (κ1) is 24.8. The molecule has 0 bridgehead atoms. The first-order valence-electron chi connectivity index (χ1n) is 10.3. The predicted molar refractivity (Wildman–Crippen MR) is 118 cm³/mol. The number of piperidine rings is 1. The number of nitrogens with zero attached hydrogens (tertiary/aromatic N) is 5. The van der Waals surface area contributed by atoms with Crippen molar-refractivity contribution in [3.63, 3.8) is 0 Å². The zero-order valence-corrected chi connectivity index (χ0v) is 18.6. The molecule has 2 aromatic rings. The first-order valence-corrected chi connectivity index (χ1v) is 10.3. The lowest BCUT2D eigenvalue weighted by atomic mass is 10.0. The number of nitrogens with two attached hydrogens (primary N) is 1. The number of benzene rings is 1. The van der Waals surface area contributed by atoms with E-state index in [0.717, 1.165) is 32.5 Å². The van der Waals surface area contributed by atoms with Crippen molar-refractivity contribution in [2.45, 2.75) is 39.3 Å². The molecule has 1 amide bonds. The van der Waals surface area contributed by atoms with Gasteiger partial charge < -0.3 is 20.6 Å². The van der Waals surface area contributed by atoms with Gasteiger partial charge in [0.2, 0.25) is 0 Å². The Morgan fingerprint density at radius 2 is 1.78 bits per heavy atom. The molecule has 0 aliphatic carbocycles. The lowest BCUT2D eigenvalue weighted by Crippen LogP contribution is -2.46. The normalized spacial score (nSPS) is 14.2. The van der Waals surface area contributed by atoms with E-state index in [1.807, 2.05) is 13.1 Å². The third kappa shape index (κ3) is 7.65. The fourth-order valence-corrected chi connectivity index (χ4v) is 3.50. The summed E-state index contributed by atoms with van der Waals surface area (Å²) < 4.78 is 5.52. The van der Waals surface area contributed by atoms with Gasteiger partial charge in [-0.25, -0.2) is 0 Å². The minimum Gasteiger partial charge on any atom is -0.453 e. The molecular weight excluding hydrogens is 416 g/mol. The van der Waals surface area contributed by atoms with Crippen molar-refractivity contribution in [2.75, 3.05) is 32.5 Å². The van der Waals surface area contributed by atoms with E-state index < -0.39 is 5.09 Å². The van der Waals surface area contributed by atoms with Gasteiger partial charge in [-0.1, -0.05) is 30.3 Å². The zero-order chi connectivity index (χ0) is 23.7. The quantitative estimate of drug-likeness (QED) is 0.501. The number of rotatable bonds is 6. The Labute approximate surface area is 186 Å². The van der Waals surface area contributed by atoms with Gasteiger partial charge in [-0.05, 0) is 32.3 Å². The van der Waals surface area contributed by atoms with Crippen molar-refractivity contribution >= 4 is 11.6 Å². The maximum Gasteiger partial charge on any atom is 0.317 e. The monoisotopic (exact) mass is 446 g/mol. The molecule has 174 valence electrons. The van der Waals surface area contributed by atoms with Crippen LogP contribution in [-0.4, -0.2) is 68.8 Å². The largest absolute Gasteiger partial charge is 0.453 e. The highest BCUT2D eigenvalue weighted by Crippen LogP contribution is 2.19. The molecule has 0 radical (unpaired) electrons. The Morgan fingerprint density at radius 1 is 1.25 bits per heavy atom. The lowest BCUT2D eigenvalue weighted by Gasteiger charge is -2.36. The summed E-state index contributed by atoms with van der Waals surface area (Å²) in [7, 11) is 1.85. The summed E-state index contributed by atoms with van der Waals surface area (Å²) in [6.45, 7) is 6.46. The Balaban J connectivity index is 0.000000837. The molecule has 2 heterocycles. The van der Waals surface area contributed by atoms with Crippen LogP contribution in [0.15, 0.2) is 30.3 Å². The Kier molecular flexibility index (Phi) is 9.14. The minimum atomic E-state index is -1.50. The van der Waals surface area contributed by atoms with E-state index in [0.29, 0.717) is 17.1 Å². The molecule has 0 atom stereocenters. The Morgan fingerprint density at radius 3 is 2.31 bits per heavy atom. The highest BCUT2D eigenvalue weighted by atomic mass is 16.9. The van der Waals surface area contributed by atoms with Gasteiger partial charge in [0.05, 0.1) is 17.1 Å². The van der Waals surface area contributed by atoms with Crippen LogP contribution in [0, 0.1) is 24.0 Å². The molecule has 11 heteroatoms. The summed E-state index contributed by atoms with van der Waals surface area (Å²) in [6.07, 6.45) is 1.93. The number of likely N-dealkylation sites (N-methyl/N-ethyl adjacent to an activating group) is 1. The second-order valence-electron chi connectivity index (χ2n) is 7.61. The molecular formula is C21H30N6O5. The second kappa shape index (κ2) is 11.8. The number of carbonyl (C=O) groups excluding carboxylic acids is 1. The molecule has 0 spiro atoms. The summed E-state index contributed by atoms with van der Waals surface area (Å²) >= 11 is 0. The number of aryl methyl sites for hydroxylation is 2. The van der Waals surface area contributed by atoms with Gasteiger partial charge in [-0.2, -0.15) is 9.97 Å². The van der Waals surface area contributed by atoms with Crippen molar-refractivity contribution in [2.24, 2.45) is 0 Å². The fraction of sp³-hybridized carbons (Fsp3) is 0.476. The van der Waals surface area contributed by atoms with E-state index >= 15 is 0 Å². The van der Waals surface area contributed by atoms with Crippen LogP contribution in [0.1, 0.15) is 29.8 Å². The van der Waals surface area contributed by atoms with E-state index in [1.165, 1.54) is 5.56 Å². The number of hydrogen-bond donors (Lipinski definition) is 2. The minimum absolute atomic E-state index is 0.0581. The summed E-state index contributed by atoms with van der Waals surface area (Å²) in [5.41, 5.74) is 9.06.